The molecule has 0 bridgehead atoms. The molecule has 0 heterocycles. The Balaban J connectivity index is 2.30. The number of rotatable bonds is 3. The smallest absolute Gasteiger partial charge is 0.406 e. The first-order valence-corrected chi connectivity index (χ1v) is 6.43. The van der Waals surface area contributed by atoms with Crippen molar-refractivity contribution in [3.05, 3.63) is 64.2 Å². The molecule has 1 N–H and O–H groups in total. The molecule has 0 aliphatic heterocycles. The Morgan fingerprint density at radius 2 is 1.81 bits per heavy atom. The molecule has 0 amide bonds. The van der Waals surface area contributed by atoms with Gasteiger partial charge >= 0.3 is 6.36 Å². The molecule has 6 heteroatoms. The van der Waals surface area contributed by atoms with Gasteiger partial charge in [-0.05, 0) is 47.9 Å². The summed E-state index contributed by atoms with van der Waals surface area (Å²) in [7, 11) is 0. The van der Waals surface area contributed by atoms with E-state index in [0.29, 0.717) is 16.1 Å². The van der Waals surface area contributed by atoms with E-state index in [9.17, 15) is 18.3 Å². The normalized spacial score (nSPS) is 13.0. The molecule has 2 aromatic rings. The molecule has 2 aromatic carbocycles. The quantitative estimate of drug-likeness (QED) is 0.894. The fourth-order valence-electron chi connectivity index (χ4n) is 2.00. The first-order valence-electron chi connectivity index (χ1n) is 6.05. The van der Waals surface area contributed by atoms with E-state index < -0.39 is 12.5 Å². The number of alkyl halides is 3. The average Bonchev–Trinajstić information content (AvgIpc) is 2.35. The maximum Gasteiger partial charge on any atom is 0.573 e. The highest BCUT2D eigenvalue weighted by atomic mass is 35.5. The van der Waals surface area contributed by atoms with Crippen LogP contribution in [0.1, 0.15) is 22.8 Å². The Morgan fingerprint density at radius 1 is 1.10 bits per heavy atom. The van der Waals surface area contributed by atoms with Crippen molar-refractivity contribution in [2.45, 2.75) is 19.4 Å². The van der Waals surface area contributed by atoms with Crippen molar-refractivity contribution in [3.8, 4) is 5.75 Å². The van der Waals surface area contributed by atoms with Crippen LogP contribution >= 0.6 is 11.6 Å². The monoisotopic (exact) mass is 316 g/mol. The molecule has 21 heavy (non-hydrogen) atoms. The van der Waals surface area contributed by atoms with Gasteiger partial charge in [0, 0.05) is 5.02 Å². The minimum absolute atomic E-state index is 0.290. The van der Waals surface area contributed by atoms with Crippen molar-refractivity contribution in [2.75, 3.05) is 0 Å². The van der Waals surface area contributed by atoms with E-state index in [1.54, 1.807) is 18.2 Å². The van der Waals surface area contributed by atoms with Gasteiger partial charge in [0.05, 0.1) is 0 Å². The van der Waals surface area contributed by atoms with Gasteiger partial charge in [-0.3, -0.25) is 0 Å². The van der Waals surface area contributed by atoms with Gasteiger partial charge in [0.25, 0.3) is 0 Å². The second-order valence-electron chi connectivity index (χ2n) is 4.58. The molecule has 2 rings (SSSR count). The van der Waals surface area contributed by atoms with E-state index in [2.05, 4.69) is 4.74 Å². The lowest BCUT2D eigenvalue weighted by Crippen LogP contribution is -2.17. The van der Waals surface area contributed by atoms with Crippen LogP contribution in [0.3, 0.4) is 0 Å². The van der Waals surface area contributed by atoms with E-state index in [0.717, 1.165) is 11.6 Å². The first kappa shape index (κ1) is 15.7. The lowest BCUT2D eigenvalue weighted by molar-refractivity contribution is -0.274. The topological polar surface area (TPSA) is 29.5 Å². The standard InChI is InChI=1S/C15H12ClF3O2/c1-9-5-11(7-12(16)6-9)14(20)10-3-2-4-13(8-10)21-15(17,18)19/h2-8,14,20H,1H3. The van der Waals surface area contributed by atoms with Gasteiger partial charge in [-0.15, -0.1) is 13.2 Å². The van der Waals surface area contributed by atoms with E-state index >= 15 is 0 Å². The molecular formula is C15H12ClF3O2. The molecule has 0 aromatic heterocycles. The van der Waals surface area contributed by atoms with Crippen LogP contribution in [0.2, 0.25) is 5.02 Å². The Morgan fingerprint density at radius 3 is 2.43 bits per heavy atom. The molecule has 0 aliphatic carbocycles. The molecule has 1 unspecified atom stereocenters. The van der Waals surface area contributed by atoms with Gasteiger partial charge in [0.1, 0.15) is 11.9 Å². The summed E-state index contributed by atoms with van der Waals surface area (Å²) >= 11 is 5.92. The zero-order chi connectivity index (χ0) is 15.6. The molecule has 0 fully saturated rings. The summed E-state index contributed by atoms with van der Waals surface area (Å²) < 4.78 is 40.4. The van der Waals surface area contributed by atoms with E-state index in [-0.39, 0.29) is 5.75 Å². The molecule has 0 spiro atoms. The second kappa shape index (κ2) is 5.95. The SMILES string of the molecule is Cc1cc(Cl)cc(C(O)c2cccc(OC(F)(F)F)c2)c1. The number of aryl methyl sites for hydroxylation is 1. The van der Waals surface area contributed by atoms with Crippen molar-refractivity contribution in [1.29, 1.82) is 0 Å². The zero-order valence-electron chi connectivity index (χ0n) is 11.0. The van der Waals surface area contributed by atoms with Gasteiger partial charge in [-0.1, -0.05) is 29.8 Å². The predicted octanol–water partition coefficient (Wildman–Crippen LogP) is 4.63. The third-order valence-corrected chi connectivity index (χ3v) is 3.01. The highest BCUT2D eigenvalue weighted by molar-refractivity contribution is 6.30. The summed E-state index contributed by atoms with van der Waals surface area (Å²) in [6, 6.07) is 10.2. The second-order valence-corrected chi connectivity index (χ2v) is 5.02. The molecule has 0 aliphatic rings. The Bertz CT molecular complexity index is 621. The van der Waals surface area contributed by atoms with Gasteiger partial charge in [-0.25, -0.2) is 0 Å². The highest BCUT2D eigenvalue weighted by Crippen LogP contribution is 2.29. The van der Waals surface area contributed by atoms with Gasteiger partial charge < -0.3 is 9.84 Å². The van der Waals surface area contributed by atoms with Crippen LogP contribution in [0, 0.1) is 6.92 Å². The van der Waals surface area contributed by atoms with Gasteiger partial charge in [-0.2, -0.15) is 0 Å². The summed E-state index contributed by atoms with van der Waals surface area (Å²) in [6.45, 7) is 1.81. The molecule has 0 saturated carbocycles. The number of hydrogen-bond donors (Lipinski definition) is 1. The van der Waals surface area contributed by atoms with Crippen LogP contribution in [0.5, 0.6) is 5.75 Å². The number of aliphatic hydroxyl groups is 1. The van der Waals surface area contributed by atoms with E-state index in [1.165, 1.54) is 18.2 Å². The maximum atomic E-state index is 12.2. The van der Waals surface area contributed by atoms with Gasteiger partial charge in [0.15, 0.2) is 0 Å². The predicted molar refractivity (Wildman–Crippen MR) is 73.4 cm³/mol. The number of aliphatic hydroxyl groups excluding tert-OH is 1. The summed E-state index contributed by atoms with van der Waals surface area (Å²) in [4.78, 5) is 0. The first-order chi connectivity index (χ1) is 9.74. The van der Waals surface area contributed by atoms with E-state index in [4.69, 9.17) is 11.6 Å². The summed E-state index contributed by atoms with van der Waals surface area (Å²) in [5.74, 6) is -0.377. The summed E-state index contributed by atoms with van der Waals surface area (Å²) in [5.41, 5.74) is 1.64. The third kappa shape index (κ3) is 4.37. The third-order valence-electron chi connectivity index (χ3n) is 2.79. The maximum absolute atomic E-state index is 12.2. The molecule has 0 radical (unpaired) electrons. The van der Waals surface area contributed by atoms with Crippen LogP contribution in [0.15, 0.2) is 42.5 Å². The highest BCUT2D eigenvalue weighted by Gasteiger charge is 2.31. The summed E-state index contributed by atoms with van der Waals surface area (Å²) in [5, 5.41) is 10.7. The van der Waals surface area contributed by atoms with Crippen LogP contribution in [0.25, 0.3) is 0 Å². The minimum atomic E-state index is -4.77. The van der Waals surface area contributed by atoms with Crippen LogP contribution in [-0.2, 0) is 0 Å². The Labute approximate surface area is 124 Å². The average molecular weight is 317 g/mol. The lowest BCUT2D eigenvalue weighted by Gasteiger charge is -2.15. The van der Waals surface area contributed by atoms with E-state index in [1.807, 2.05) is 6.92 Å². The number of hydrogen-bond acceptors (Lipinski definition) is 2. The lowest BCUT2D eigenvalue weighted by atomic mass is 10.00. The molecule has 0 saturated heterocycles. The van der Waals surface area contributed by atoms with Crippen molar-refractivity contribution < 1.29 is 23.0 Å². The zero-order valence-corrected chi connectivity index (χ0v) is 11.7. The van der Waals surface area contributed by atoms with Crippen molar-refractivity contribution in [3.63, 3.8) is 0 Å². The van der Waals surface area contributed by atoms with Crippen molar-refractivity contribution in [1.82, 2.24) is 0 Å². The Hall–Kier alpha value is -1.72. The Kier molecular flexibility index (Phi) is 4.44. The number of benzene rings is 2. The molecule has 1 atom stereocenters. The molecule has 2 nitrogen and oxygen atoms in total. The van der Waals surface area contributed by atoms with Crippen LogP contribution < -0.4 is 4.74 Å². The van der Waals surface area contributed by atoms with Crippen molar-refractivity contribution in [2.24, 2.45) is 0 Å². The molecule has 112 valence electrons. The number of halogens is 4. The summed E-state index contributed by atoms with van der Waals surface area (Å²) in [6.07, 6.45) is -5.85. The van der Waals surface area contributed by atoms with Crippen LogP contribution in [0.4, 0.5) is 13.2 Å². The fraction of sp³-hybridized carbons (Fsp3) is 0.200. The number of ether oxygens (including phenoxy) is 1. The minimum Gasteiger partial charge on any atom is -0.406 e. The fourth-order valence-corrected chi connectivity index (χ4v) is 2.29. The molecular weight excluding hydrogens is 305 g/mol. The van der Waals surface area contributed by atoms with Gasteiger partial charge in [0.2, 0.25) is 0 Å². The largest absolute Gasteiger partial charge is 0.573 e. The van der Waals surface area contributed by atoms with Crippen LogP contribution in [-0.4, -0.2) is 11.5 Å². The van der Waals surface area contributed by atoms with Crippen molar-refractivity contribution >= 4 is 11.6 Å².